The number of benzene rings is 1. The van der Waals surface area contributed by atoms with Gasteiger partial charge in [0.1, 0.15) is 5.84 Å². The van der Waals surface area contributed by atoms with Gasteiger partial charge in [-0.05, 0) is 38.1 Å². The summed E-state index contributed by atoms with van der Waals surface area (Å²) in [5.74, 6) is 0.584. The van der Waals surface area contributed by atoms with Crippen molar-refractivity contribution in [3.05, 3.63) is 42.1 Å². The van der Waals surface area contributed by atoms with E-state index in [-0.39, 0.29) is 6.04 Å². The smallest absolute Gasteiger partial charge is 0.125 e. The monoisotopic (exact) mass is 213 g/mol. The summed E-state index contributed by atoms with van der Waals surface area (Å²) in [6, 6.07) is 10.1. The summed E-state index contributed by atoms with van der Waals surface area (Å²) in [5.41, 5.74) is 7.85. The maximum atomic E-state index is 5.92. The molecule has 0 saturated carbocycles. The van der Waals surface area contributed by atoms with Gasteiger partial charge in [-0.15, -0.1) is 0 Å². The second-order valence-electron chi connectivity index (χ2n) is 4.02. The second kappa shape index (κ2) is 4.31. The van der Waals surface area contributed by atoms with E-state index in [1.54, 1.807) is 6.20 Å². The Morgan fingerprint density at radius 3 is 2.88 bits per heavy atom. The summed E-state index contributed by atoms with van der Waals surface area (Å²) in [4.78, 5) is 8.59. The van der Waals surface area contributed by atoms with E-state index in [0.717, 1.165) is 16.5 Å². The molecule has 0 fully saturated rings. The third-order valence-corrected chi connectivity index (χ3v) is 2.30. The van der Waals surface area contributed by atoms with Crippen molar-refractivity contribution in [1.29, 1.82) is 0 Å². The van der Waals surface area contributed by atoms with Gasteiger partial charge in [0.25, 0.3) is 0 Å². The maximum Gasteiger partial charge on any atom is 0.125 e. The molecule has 82 valence electrons. The molecule has 0 saturated heterocycles. The van der Waals surface area contributed by atoms with Crippen LogP contribution in [-0.4, -0.2) is 16.9 Å². The van der Waals surface area contributed by atoms with Crippen molar-refractivity contribution >= 4 is 16.7 Å². The number of aliphatic imine (C=N–C) groups is 1. The molecule has 2 rings (SSSR count). The van der Waals surface area contributed by atoms with E-state index in [0.29, 0.717) is 5.84 Å². The second-order valence-corrected chi connectivity index (χ2v) is 4.02. The van der Waals surface area contributed by atoms with E-state index in [2.05, 4.69) is 9.98 Å². The van der Waals surface area contributed by atoms with Crippen LogP contribution in [0.25, 0.3) is 10.9 Å². The van der Waals surface area contributed by atoms with Crippen LogP contribution in [0.3, 0.4) is 0 Å². The lowest BCUT2D eigenvalue weighted by Gasteiger charge is -2.04. The highest BCUT2D eigenvalue weighted by Gasteiger charge is 2.01. The van der Waals surface area contributed by atoms with E-state index in [1.807, 2.05) is 44.2 Å². The first kappa shape index (κ1) is 10.6. The fourth-order valence-corrected chi connectivity index (χ4v) is 1.59. The molecule has 2 aromatic rings. The SMILES string of the molecule is CC(C)N=C(N)c1ccc2ncccc2c1. The number of pyridine rings is 1. The maximum absolute atomic E-state index is 5.92. The molecule has 3 nitrogen and oxygen atoms in total. The first-order valence-electron chi connectivity index (χ1n) is 5.35. The largest absolute Gasteiger partial charge is 0.383 e. The van der Waals surface area contributed by atoms with Crippen molar-refractivity contribution in [2.75, 3.05) is 0 Å². The van der Waals surface area contributed by atoms with Crippen molar-refractivity contribution in [1.82, 2.24) is 4.98 Å². The fraction of sp³-hybridized carbons (Fsp3) is 0.231. The van der Waals surface area contributed by atoms with Crippen molar-refractivity contribution < 1.29 is 0 Å². The molecule has 2 N–H and O–H groups in total. The van der Waals surface area contributed by atoms with Gasteiger partial charge >= 0.3 is 0 Å². The first-order chi connectivity index (χ1) is 7.66. The van der Waals surface area contributed by atoms with Crippen molar-refractivity contribution in [3.63, 3.8) is 0 Å². The van der Waals surface area contributed by atoms with Gasteiger partial charge in [-0.3, -0.25) is 9.98 Å². The Balaban J connectivity index is 2.47. The Kier molecular flexibility index (Phi) is 2.86. The lowest BCUT2D eigenvalue weighted by atomic mass is 10.1. The van der Waals surface area contributed by atoms with Gasteiger partial charge in [-0.2, -0.15) is 0 Å². The summed E-state index contributed by atoms with van der Waals surface area (Å²) < 4.78 is 0. The molecule has 0 aliphatic heterocycles. The van der Waals surface area contributed by atoms with Crippen molar-refractivity contribution in [2.24, 2.45) is 10.7 Å². The highest BCUT2D eigenvalue weighted by atomic mass is 14.9. The number of aromatic nitrogens is 1. The Morgan fingerprint density at radius 2 is 2.12 bits per heavy atom. The average molecular weight is 213 g/mol. The molecule has 3 heteroatoms. The molecular weight excluding hydrogens is 198 g/mol. The van der Waals surface area contributed by atoms with E-state index >= 15 is 0 Å². The molecule has 0 bridgehead atoms. The molecule has 0 radical (unpaired) electrons. The number of hydrogen-bond acceptors (Lipinski definition) is 2. The van der Waals surface area contributed by atoms with Crippen LogP contribution in [0.2, 0.25) is 0 Å². The summed E-state index contributed by atoms with van der Waals surface area (Å²) in [6.45, 7) is 4.02. The lowest BCUT2D eigenvalue weighted by molar-refractivity contribution is 0.834. The number of nitrogens with two attached hydrogens (primary N) is 1. The predicted octanol–water partition coefficient (Wildman–Crippen LogP) is 2.35. The molecule has 1 heterocycles. The predicted molar refractivity (Wildman–Crippen MR) is 67.6 cm³/mol. The van der Waals surface area contributed by atoms with Gasteiger partial charge in [0, 0.05) is 23.2 Å². The van der Waals surface area contributed by atoms with Gasteiger partial charge in [0.2, 0.25) is 0 Å². The number of rotatable bonds is 2. The summed E-state index contributed by atoms with van der Waals surface area (Å²) >= 11 is 0. The number of hydrogen-bond donors (Lipinski definition) is 1. The first-order valence-corrected chi connectivity index (χ1v) is 5.35. The van der Waals surface area contributed by atoms with Crippen molar-refractivity contribution in [3.8, 4) is 0 Å². The number of fused-ring (bicyclic) bond motifs is 1. The van der Waals surface area contributed by atoms with Gasteiger partial charge in [0.15, 0.2) is 0 Å². The zero-order valence-electron chi connectivity index (χ0n) is 9.51. The van der Waals surface area contributed by atoms with Crippen LogP contribution < -0.4 is 5.73 Å². The lowest BCUT2D eigenvalue weighted by Crippen LogP contribution is -2.15. The van der Waals surface area contributed by atoms with E-state index in [9.17, 15) is 0 Å². The fourth-order valence-electron chi connectivity index (χ4n) is 1.59. The van der Waals surface area contributed by atoms with Crippen LogP contribution in [0.15, 0.2) is 41.5 Å². The molecule has 0 aliphatic rings. The molecule has 0 aliphatic carbocycles. The van der Waals surface area contributed by atoms with Crippen LogP contribution in [0.5, 0.6) is 0 Å². The summed E-state index contributed by atoms with van der Waals surface area (Å²) in [6.07, 6.45) is 1.79. The van der Waals surface area contributed by atoms with Gasteiger partial charge in [0.05, 0.1) is 5.52 Å². The Bertz CT molecular complexity index is 529. The standard InChI is InChI=1S/C13H15N3/c1-9(2)16-13(14)11-5-6-12-10(8-11)4-3-7-15-12/h3-9H,1-2H3,(H2,14,16). The zero-order valence-corrected chi connectivity index (χ0v) is 9.51. The average Bonchev–Trinajstić information content (AvgIpc) is 2.27. The quantitative estimate of drug-likeness (QED) is 0.615. The molecule has 0 atom stereocenters. The van der Waals surface area contributed by atoms with Gasteiger partial charge < -0.3 is 5.73 Å². The highest BCUT2D eigenvalue weighted by Crippen LogP contribution is 2.13. The topological polar surface area (TPSA) is 51.3 Å². The van der Waals surface area contributed by atoms with Crippen molar-refractivity contribution in [2.45, 2.75) is 19.9 Å². The summed E-state index contributed by atoms with van der Waals surface area (Å²) in [5, 5.41) is 1.09. The van der Waals surface area contributed by atoms with Crippen LogP contribution in [0, 0.1) is 0 Å². The van der Waals surface area contributed by atoms with E-state index < -0.39 is 0 Å². The molecule has 0 amide bonds. The Labute approximate surface area is 95.0 Å². The summed E-state index contributed by atoms with van der Waals surface area (Å²) in [7, 11) is 0. The van der Waals surface area contributed by atoms with E-state index in [4.69, 9.17) is 5.73 Å². The minimum atomic E-state index is 0.213. The third-order valence-electron chi connectivity index (χ3n) is 2.30. The number of nitrogens with zero attached hydrogens (tertiary/aromatic N) is 2. The molecular formula is C13H15N3. The normalized spacial score (nSPS) is 12.3. The molecule has 1 aromatic carbocycles. The molecule has 0 spiro atoms. The minimum Gasteiger partial charge on any atom is -0.383 e. The van der Waals surface area contributed by atoms with Gasteiger partial charge in [-0.1, -0.05) is 6.07 Å². The molecule has 16 heavy (non-hydrogen) atoms. The Hall–Kier alpha value is -1.90. The molecule has 1 aromatic heterocycles. The van der Waals surface area contributed by atoms with Gasteiger partial charge in [-0.25, -0.2) is 0 Å². The highest BCUT2D eigenvalue weighted by molar-refractivity contribution is 6.00. The molecule has 0 unspecified atom stereocenters. The van der Waals surface area contributed by atoms with Crippen LogP contribution in [-0.2, 0) is 0 Å². The zero-order chi connectivity index (χ0) is 11.5. The Morgan fingerprint density at radius 1 is 1.31 bits per heavy atom. The van der Waals surface area contributed by atoms with Crippen LogP contribution >= 0.6 is 0 Å². The van der Waals surface area contributed by atoms with Crippen LogP contribution in [0.4, 0.5) is 0 Å². The number of amidine groups is 1. The third kappa shape index (κ3) is 2.19. The van der Waals surface area contributed by atoms with E-state index in [1.165, 1.54) is 0 Å². The van der Waals surface area contributed by atoms with Crippen LogP contribution in [0.1, 0.15) is 19.4 Å². The minimum absolute atomic E-state index is 0.213.